The summed E-state index contributed by atoms with van der Waals surface area (Å²) >= 11 is 0. The first-order valence-corrected chi connectivity index (χ1v) is 8.54. The third kappa shape index (κ3) is 6.07. The third-order valence-electron chi connectivity index (χ3n) is 3.63. The minimum atomic E-state index is -0.897. The maximum absolute atomic E-state index is 11.9. The molecule has 0 atom stereocenters. The normalized spacial score (nSPS) is 10.4. The average molecular weight is 367 g/mol. The van der Waals surface area contributed by atoms with E-state index in [4.69, 9.17) is 4.74 Å². The molecule has 140 valence electrons. The SMILES string of the molecule is CCOC(=O)c1ccc(NC(=O)C(=O)N/N=C/c2ccc(CC)cc2)cc1. The Bertz CT molecular complexity index is 827. The van der Waals surface area contributed by atoms with Crippen molar-refractivity contribution in [3.8, 4) is 0 Å². The van der Waals surface area contributed by atoms with Crippen molar-refractivity contribution in [1.82, 2.24) is 5.43 Å². The fraction of sp³-hybridized carbons (Fsp3) is 0.200. The van der Waals surface area contributed by atoms with Crippen molar-refractivity contribution < 1.29 is 19.1 Å². The number of carbonyl (C=O) groups excluding carboxylic acids is 3. The third-order valence-corrected chi connectivity index (χ3v) is 3.63. The lowest BCUT2D eigenvalue weighted by molar-refractivity contribution is -0.136. The Morgan fingerprint density at radius 1 is 0.963 bits per heavy atom. The first-order chi connectivity index (χ1) is 13.0. The summed E-state index contributed by atoms with van der Waals surface area (Å²) in [6.45, 7) is 4.06. The highest BCUT2D eigenvalue weighted by molar-refractivity contribution is 6.39. The zero-order valence-corrected chi connectivity index (χ0v) is 15.2. The van der Waals surface area contributed by atoms with E-state index in [1.807, 2.05) is 24.3 Å². The Morgan fingerprint density at radius 3 is 2.22 bits per heavy atom. The molecule has 0 saturated heterocycles. The Morgan fingerprint density at radius 2 is 1.63 bits per heavy atom. The highest BCUT2D eigenvalue weighted by Crippen LogP contribution is 2.10. The van der Waals surface area contributed by atoms with Crippen LogP contribution in [0.25, 0.3) is 0 Å². The summed E-state index contributed by atoms with van der Waals surface area (Å²) in [5, 5.41) is 6.20. The van der Waals surface area contributed by atoms with Crippen LogP contribution in [0.15, 0.2) is 53.6 Å². The van der Waals surface area contributed by atoms with Gasteiger partial charge in [0.1, 0.15) is 0 Å². The second kappa shape index (κ2) is 9.86. The Hall–Kier alpha value is -3.48. The zero-order valence-electron chi connectivity index (χ0n) is 15.2. The smallest absolute Gasteiger partial charge is 0.338 e. The lowest BCUT2D eigenvalue weighted by Crippen LogP contribution is -2.32. The van der Waals surface area contributed by atoms with Gasteiger partial charge in [0, 0.05) is 5.69 Å². The molecule has 2 aromatic carbocycles. The zero-order chi connectivity index (χ0) is 19.6. The van der Waals surface area contributed by atoms with E-state index in [-0.39, 0.29) is 6.61 Å². The monoisotopic (exact) mass is 367 g/mol. The quantitative estimate of drug-likeness (QED) is 0.355. The molecule has 0 radical (unpaired) electrons. The molecule has 0 bridgehead atoms. The van der Waals surface area contributed by atoms with Crippen LogP contribution in [0.4, 0.5) is 5.69 Å². The molecule has 0 aliphatic heterocycles. The first-order valence-electron chi connectivity index (χ1n) is 8.54. The number of benzene rings is 2. The van der Waals surface area contributed by atoms with E-state index >= 15 is 0 Å². The van der Waals surface area contributed by atoms with Gasteiger partial charge in [0.05, 0.1) is 18.4 Å². The van der Waals surface area contributed by atoms with Crippen molar-refractivity contribution in [2.24, 2.45) is 5.10 Å². The van der Waals surface area contributed by atoms with Crippen LogP contribution in [0.3, 0.4) is 0 Å². The molecule has 0 aliphatic rings. The molecule has 7 heteroatoms. The Balaban J connectivity index is 1.86. The van der Waals surface area contributed by atoms with Crippen molar-refractivity contribution in [2.45, 2.75) is 20.3 Å². The van der Waals surface area contributed by atoms with Gasteiger partial charge in [-0.15, -0.1) is 0 Å². The second-order valence-electron chi connectivity index (χ2n) is 5.55. The van der Waals surface area contributed by atoms with Gasteiger partial charge >= 0.3 is 17.8 Å². The van der Waals surface area contributed by atoms with Crippen LogP contribution in [0.2, 0.25) is 0 Å². The van der Waals surface area contributed by atoms with Gasteiger partial charge in [-0.2, -0.15) is 5.10 Å². The summed E-state index contributed by atoms with van der Waals surface area (Å²) in [7, 11) is 0. The number of anilines is 1. The van der Waals surface area contributed by atoms with Crippen molar-refractivity contribution in [1.29, 1.82) is 0 Å². The maximum atomic E-state index is 11.9. The molecule has 0 heterocycles. The number of carbonyl (C=O) groups is 3. The van der Waals surface area contributed by atoms with E-state index in [0.29, 0.717) is 11.3 Å². The molecule has 0 aliphatic carbocycles. The van der Waals surface area contributed by atoms with Gasteiger partial charge in [-0.1, -0.05) is 31.2 Å². The van der Waals surface area contributed by atoms with E-state index in [9.17, 15) is 14.4 Å². The highest BCUT2D eigenvalue weighted by atomic mass is 16.5. The van der Waals surface area contributed by atoms with Crippen LogP contribution in [0, 0.1) is 0 Å². The van der Waals surface area contributed by atoms with Crippen LogP contribution in [0.1, 0.15) is 35.3 Å². The van der Waals surface area contributed by atoms with Crippen molar-refractivity contribution >= 4 is 29.7 Å². The topological polar surface area (TPSA) is 96.9 Å². The number of ether oxygens (including phenoxy) is 1. The number of nitrogens with one attached hydrogen (secondary N) is 2. The number of rotatable bonds is 6. The summed E-state index contributed by atoms with van der Waals surface area (Å²) in [4.78, 5) is 35.2. The molecule has 0 spiro atoms. The molecule has 2 rings (SSSR count). The van der Waals surface area contributed by atoms with Crippen LogP contribution in [0.5, 0.6) is 0 Å². The van der Waals surface area contributed by atoms with Gasteiger partial charge in [0.2, 0.25) is 0 Å². The van der Waals surface area contributed by atoms with Gasteiger partial charge in [0.15, 0.2) is 0 Å². The first kappa shape index (κ1) is 19.8. The number of aryl methyl sites for hydroxylation is 1. The largest absolute Gasteiger partial charge is 0.462 e. The summed E-state index contributed by atoms with van der Waals surface area (Å²) in [5.41, 5.74) is 4.91. The fourth-order valence-corrected chi connectivity index (χ4v) is 2.15. The maximum Gasteiger partial charge on any atom is 0.338 e. The molecule has 2 N–H and O–H groups in total. The standard InChI is InChI=1S/C20H21N3O4/c1-3-14-5-7-15(8-6-14)13-21-23-19(25)18(24)22-17-11-9-16(10-12-17)20(26)27-4-2/h5-13H,3-4H2,1-2H3,(H,22,24)(H,23,25)/b21-13+. The van der Waals surface area contributed by atoms with Crippen LogP contribution in [-0.4, -0.2) is 30.6 Å². The molecule has 2 aromatic rings. The van der Waals surface area contributed by atoms with Gasteiger partial charge in [-0.25, -0.2) is 10.2 Å². The van der Waals surface area contributed by atoms with Gasteiger partial charge in [0.25, 0.3) is 0 Å². The second-order valence-corrected chi connectivity index (χ2v) is 5.55. The lowest BCUT2D eigenvalue weighted by atomic mass is 10.1. The number of esters is 1. The predicted molar refractivity (Wildman–Crippen MR) is 103 cm³/mol. The van der Waals surface area contributed by atoms with Crippen molar-refractivity contribution in [3.05, 3.63) is 65.2 Å². The number of hydrogen-bond donors (Lipinski definition) is 2. The van der Waals surface area contributed by atoms with Crippen LogP contribution < -0.4 is 10.7 Å². The number of nitrogens with zero attached hydrogens (tertiary/aromatic N) is 1. The molecule has 2 amide bonds. The summed E-state index contributed by atoms with van der Waals surface area (Å²) in [6.07, 6.45) is 2.40. The summed E-state index contributed by atoms with van der Waals surface area (Å²) in [5.74, 6) is -2.21. The van der Waals surface area contributed by atoms with Gasteiger partial charge < -0.3 is 10.1 Å². The molecule has 0 fully saturated rings. The highest BCUT2D eigenvalue weighted by Gasteiger charge is 2.13. The summed E-state index contributed by atoms with van der Waals surface area (Å²) in [6, 6.07) is 13.7. The average Bonchev–Trinajstić information content (AvgIpc) is 2.69. The minimum Gasteiger partial charge on any atom is -0.462 e. The number of hydrogen-bond acceptors (Lipinski definition) is 5. The molecular weight excluding hydrogens is 346 g/mol. The molecule has 27 heavy (non-hydrogen) atoms. The van der Waals surface area contributed by atoms with E-state index < -0.39 is 17.8 Å². The van der Waals surface area contributed by atoms with Gasteiger partial charge in [-0.3, -0.25) is 9.59 Å². The molecule has 0 aromatic heterocycles. The van der Waals surface area contributed by atoms with Crippen molar-refractivity contribution in [3.63, 3.8) is 0 Å². The van der Waals surface area contributed by atoms with E-state index in [0.717, 1.165) is 12.0 Å². The Labute approximate surface area is 157 Å². The molecule has 0 saturated carbocycles. The molecule has 7 nitrogen and oxygen atoms in total. The summed E-state index contributed by atoms with van der Waals surface area (Å²) < 4.78 is 4.87. The number of hydrazone groups is 1. The number of amides is 2. The van der Waals surface area contributed by atoms with Crippen LogP contribution >= 0.6 is 0 Å². The van der Waals surface area contributed by atoms with E-state index in [1.165, 1.54) is 36.0 Å². The molecular formula is C20H21N3O4. The van der Waals surface area contributed by atoms with Crippen molar-refractivity contribution in [2.75, 3.05) is 11.9 Å². The minimum absolute atomic E-state index is 0.279. The van der Waals surface area contributed by atoms with E-state index in [2.05, 4.69) is 22.8 Å². The van der Waals surface area contributed by atoms with Gasteiger partial charge in [-0.05, 0) is 48.7 Å². The lowest BCUT2D eigenvalue weighted by Gasteiger charge is -2.05. The molecule has 0 unspecified atom stereocenters. The Kier molecular flexibility index (Phi) is 7.25. The predicted octanol–water partition coefficient (Wildman–Crippen LogP) is 2.51. The fourth-order valence-electron chi connectivity index (χ4n) is 2.15. The van der Waals surface area contributed by atoms with Crippen LogP contribution in [-0.2, 0) is 20.7 Å². The van der Waals surface area contributed by atoms with E-state index in [1.54, 1.807) is 6.92 Å².